The van der Waals surface area contributed by atoms with E-state index in [4.69, 9.17) is 4.74 Å². The van der Waals surface area contributed by atoms with E-state index in [2.05, 4.69) is 30.3 Å². The highest BCUT2D eigenvalue weighted by Gasteiger charge is 2.23. The highest BCUT2D eigenvalue weighted by Crippen LogP contribution is 2.32. The molecule has 1 aliphatic rings. The Balaban J connectivity index is 1.49. The number of carboxylic acids is 1. The van der Waals surface area contributed by atoms with Crippen molar-refractivity contribution in [1.82, 2.24) is 20.3 Å². The summed E-state index contributed by atoms with van der Waals surface area (Å²) < 4.78 is 33.5. The van der Waals surface area contributed by atoms with Crippen LogP contribution in [0.3, 0.4) is 0 Å². The number of rotatable bonds is 8. The van der Waals surface area contributed by atoms with E-state index in [0.29, 0.717) is 41.4 Å². The molecule has 4 heterocycles. The maximum absolute atomic E-state index is 12.9. The number of anilines is 2. The minimum Gasteiger partial charge on any atom is -0.480 e. The van der Waals surface area contributed by atoms with Gasteiger partial charge in [-0.15, -0.1) is 0 Å². The highest BCUT2D eigenvalue weighted by atomic mass is 32.2. The predicted octanol–water partition coefficient (Wildman–Crippen LogP) is 2.68. The van der Waals surface area contributed by atoms with E-state index in [-0.39, 0.29) is 34.0 Å². The number of aromatic nitrogens is 3. The van der Waals surface area contributed by atoms with Gasteiger partial charge in [-0.2, -0.15) is 0 Å². The lowest BCUT2D eigenvalue weighted by Crippen LogP contribution is -2.45. The topological polar surface area (TPSA) is 176 Å². The van der Waals surface area contributed by atoms with Gasteiger partial charge in [0.05, 0.1) is 24.9 Å². The van der Waals surface area contributed by atoms with Crippen LogP contribution < -0.4 is 20.1 Å². The molecule has 0 radical (unpaired) electrons. The average Bonchev–Trinajstić information content (AvgIpc) is 2.92. The normalized spacial score (nSPS) is 17.5. The molecule has 0 spiro atoms. The molecule has 2 atom stereocenters. The highest BCUT2D eigenvalue weighted by molar-refractivity contribution is 7.92. The maximum atomic E-state index is 12.9. The number of sulfonamides is 1. The summed E-state index contributed by atoms with van der Waals surface area (Å²) in [6, 6.07) is 11.3. The maximum Gasteiger partial charge on any atom is 0.339 e. The van der Waals surface area contributed by atoms with Gasteiger partial charge >= 0.3 is 5.97 Å². The molecule has 2 unspecified atom stereocenters. The molecular weight excluding hydrogens is 524 g/mol. The number of nitrogens with zero attached hydrogens (tertiary/aromatic N) is 3. The minimum absolute atomic E-state index is 0.0145. The van der Waals surface area contributed by atoms with Gasteiger partial charge in [-0.1, -0.05) is 6.07 Å². The first-order valence-electron chi connectivity index (χ1n) is 12.1. The number of benzene rings is 1. The average molecular weight is 551 g/mol. The Morgan fingerprint density at radius 3 is 2.72 bits per heavy atom. The third kappa shape index (κ3) is 5.74. The number of aliphatic hydroxyl groups excluding tert-OH is 1. The van der Waals surface area contributed by atoms with Gasteiger partial charge in [0.25, 0.3) is 10.0 Å². The molecular formula is C26H26N6O6S. The lowest BCUT2D eigenvalue weighted by molar-refractivity contribution is 0.0697. The molecule has 0 aliphatic carbocycles. The van der Waals surface area contributed by atoms with Crippen LogP contribution in [0.5, 0.6) is 5.88 Å². The number of carbonyl (C=O) groups is 1. The van der Waals surface area contributed by atoms with Crippen molar-refractivity contribution in [2.45, 2.75) is 30.0 Å². The zero-order chi connectivity index (χ0) is 27.6. The van der Waals surface area contributed by atoms with Gasteiger partial charge in [0.2, 0.25) is 5.88 Å². The first-order chi connectivity index (χ1) is 18.7. The number of aromatic carboxylic acids is 1. The molecule has 1 fully saturated rings. The number of ether oxygens (including phenoxy) is 1. The molecule has 4 aromatic rings. The van der Waals surface area contributed by atoms with Crippen molar-refractivity contribution in [3.63, 3.8) is 0 Å². The molecule has 1 saturated heterocycles. The molecule has 12 nitrogen and oxygen atoms in total. The number of nitrogens with one attached hydrogen (secondary N) is 3. The first-order valence-corrected chi connectivity index (χ1v) is 13.5. The molecule has 1 aliphatic heterocycles. The number of methoxy groups -OCH3 is 1. The Labute approximate surface area is 224 Å². The molecule has 5 N–H and O–H groups in total. The number of carboxylic acid groups (broad SMARTS) is 1. The van der Waals surface area contributed by atoms with Crippen LogP contribution in [-0.2, 0) is 10.0 Å². The zero-order valence-electron chi connectivity index (χ0n) is 20.8. The number of hydrogen-bond acceptors (Lipinski definition) is 10. The smallest absolute Gasteiger partial charge is 0.339 e. The first kappa shape index (κ1) is 26.3. The van der Waals surface area contributed by atoms with Gasteiger partial charge in [-0.25, -0.2) is 23.2 Å². The summed E-state index contributed by atoms with van der Waals surface area (Å²) >= 11 is 0. The van der Waals surface area contributed by atoms with Gasteiger partial charge < -0.3 is 20.3 Å². The van der Waals surface area contributed by atoms with E-state index in [0.717, 1.165) is 0 Å². The van der Waals surface area contributed by atoms with E-state index < -0.39 is 22.1 Å². The van der Waals surface area contributed by atoms with Crippen LogP contribution in [-0.4, -0.2) is 65.5 Å². The third-order valence-electron chi connectivity index (χ3n) is 6.30. The Morgan fingerprint density at radius 2 is 2.00 bits per heavy atom. The van der Waals surface area contributed by atoms with Crippen molar-refractivity contribution in [2.75, 3.05) is 23.7 Å². The monoisotopic (exact) mass is 550 g/mol. The summed E-state index contributed by atoms with van der Waals surface area (Å²) in [5, 5.41) is 26.7. The number of piperidine rings is 1. The zero-order valence-corrected chi connectivity index (χ0v) is 21.6. The second kappa shape index (κ2) is 10.8. The van der Waals surface area contributed by atoms with Gasteiger partial charge in [0.15, 0.2) is 0 Å². The Morgan fingerprint density at radius 1 is 1.15 bits per heavy atom. The quantitative estimate of drug-likeness (QED) is 0.218. The molecule has 1 aromatic carbocycles. The molecule has 0 saturated carbocycles. The van der Waals surface area contributed by atoms with Gasteiger partial charge in [0, 0.05) is 36.0 Å². The van der Waals surface area contributed by atoms with Gasteiger partial charge in [-0.05, 0) is 54.9 Å². The summed E-state index contributed by atoms with van der Waals surface area (Å²) in [7, 11) is -2.57. The van der Waals surface area contributed by atoms with Crippen LogP contribution in [0.2, 0.25) is 0 Å². The van der Waals surface area contributed by atoms with Crippen molar-refractivity contribution in [3.05, 3.63) is 66.6 Å². The fourth-order valence-corrected chi connectivity index (χ4v) is 5.37. The van der Waals surface area contributed by atoms with E-state index in [1.165, 1.54) is 43.9 Å². The summed E-state index contributed by atoms with van der Waals surface area (Å²) in [5.74, 6) is -0.863. The molecule has 3 aromatic heterocycles. The third-order valence-corrected chi connectivity index (χ3v) is 7.65. The Hall–Kier alpha value is -4.33. The molecule has 0 bridgehead atoms. The fraction of sp³-hybridized carbons (Fsp3) is 0.231. The molecule has 202 valence electrons. The van der Waals surface area contributed by atoms with Crippen molar-refractivity contribution in [2.24, 2.45) is 0 Å². The van der Waals surface area contributed by atoms with Crippen molar-refractivity contribution in [3.8, 4) is 17.0 Å². The Bertz CT molecular complexity index is 1630. The van der Waals surface area contributed by atoms with Crippen LogP contribution in [0, 0.1) is 0 Å². The number of fused-ring (bicyclic) bond motifs is 1. The van der Waals surface area contributed by atoms with Gasteiger partial charge in [-0.3, -0.25) is 15.0 Å². The fourth-order valence-electron chi connectivity index (χ4n) is 4.36. The summed E-state index contributed by atoms with van der Waals surface area (Å²) in [5.41, 5.74) is 1.90. The lowest BCUT2D eigenvalue weighted by Gasteiger charge is -2.28. The number of pyridine rings is 3. The van der Waals surface area contributed by atoms with Crippen molar-refractivity contribution < 1.29 is 28.2 Å². The van der Waals surface area contributed by atoms with E-state index >= 15 is 0 Å². The van der Waals surface area contributed by atoms with E-state index in [1.54, 1.807) is 24.3 Å². The van der Waals surface area contributed by atoms with Crippen LogP contribution >= 0.6 is 0 Å². The van der Waals surface area contributed by atoms with Crippen LogP contribution in [0.15, 0.2) is 66.0 Å². The van der Waals surface area contributed by atoms with Gasteiger partial charge in [0.1, 0.15) is 22.0 Å². The van der Waals surface area contributed by atoms with Crippen molar-refractivity contribution >= 4 is 38.4 Å². The number of aliphatic hydroxyl groups is 1. The summed E-state index contributed by atoms with van der Waals surface area (Å²) in [6.45, 7) is 0.606. The summed E-state index contributed by atoms with van der Waals surface area (Å²) in [4.78, 5) is 24.7. The van der Waals surface area contributed by atoms with Crippen LogP contribution in [0.25, 0.3) is 22.0 Å². The van der Waals surface area contributed by atoms with Crippen LogP contribution in [0.1, 0.15) is 23.2 Å². The van der Waals surface area contributed by atoms with E-state index in [1.807, 2.05) is 0 Å². The summed E-state index contributed by atoms with van der Waals surface area (Å²) in [6.07, 6.45) is 4.51. The second-order valence-corrected chi connectivity index (χ2v) is 10.7. The second-order valence-electron chi connectivity index (χ2n) is 9.00. The van der Waals surface area contributed by atoms with E-state index in [9.17, 15) is 23.4 Å². The van der Waals surface area contributed by atoms with Crippen LogP contribution in [0.4, 0.5) is 11.5 Å². The SMILES string of the molecule is COc1ncc(-c2ccc3nc(NC4CC(O)CCN4)c(C(=O)O)cc3c2)cc1NS(=O)(=O)c1cccnc1. The molecule has 39 heavy (non-hydrogen) atoms. The number of hydrogen-bond donors (Lipinski definition) is 5. The minimum atomic E-state index is -3.95. The predicted molar refractivity (Wildman–Crippen MR) is 144 cm³/mol. The molecule has 13 heteroatoms. The Kier molecular flexibility index (Phi) is 7.28. The molecule has 0 amide bonds. The molecule has 5 rings (SSSR count). The lowest BCUT2D eigenvalue weighted by atomic mass is 10.0. The largest absolute Gasteiger partial charge is 0.480 e. The van der Waals surface area contributed by atoms with Crippen molar-refractivity contribution in [1.29, 1.82) is 0 Å². The standard InChI is InChI=1S/C26H26N6O6S/c1-38-25-22(32-39(36,37)19-3-2-7-27-14-19)11-17(13-29-25)15-4-5-21-16(9-15)10-20(26(34)35)24(30-21)31-23-12-18(33)6-8-28-23/h2-5,7,9-11,13-14,18,23,28,32-33H,6,8,12H2,1H3,(H,30,31)(H,34,35).